The maximum Gasteiger partial charge on any atom is 0.261 e. The number of carbonyl (C=O) groups is 1. The summed E-state index contributed by atoms with van der Waals surface area (Å²) in [7, 11) is 0. The fraction of sp³-hybridized carbons (Fsp3) is 0.550. The van der Waals surface area contributed by atoms with Gasteiger partial charge in [0.15, 0.2) is 0 Å². The molecule has 4 nitrogen and oxygen atoms in total. The van der Waals surface area contributed by atoms with E-state index in [4.69, 9.17) is 4.74 Å². The molecule has 2 heterocycles. The first-order valence-electron chi connectivity index (χ1n) is 9.47. The molecule has 2 aromatic rings. The van der Waals surface area contributed by atoms with Gasteiger partial charge in [-0.25, -0.2) is 4.39 Å². The van der Waals surface area contributed by atoms with E-state index >= 15 is 0 Å². The largest absolute Gasteiger partial charge is 0.379 e. The Morgan fingerprint density at radius 2 is 2.00 bits per heavy atom. The van der Waals surface area contributed by atoms with Crippen molar-refractivity contribution in [3.05, 3.63) is 35.0 Å². The molecule has 0 unspecified atom stereocenters. The molecule has 140 valence electrons. The Balaban J connectivity index is 1.49. The summed E-state index contributed by atoms with van der Waals surface area (Å²) in [6.45, 7) is 4.06. The number of nitrogens with zero attached hydrogens (tertiary/aromatic N) is 1. The van der Waals surface area contributed by atoms with Gasteiger partial charge in [0.2, 0.25) is 0 Å². The SMILES string of the molecule is O=C(NCC1(N2CCOCC2)CCCCC1)c1cc2c(F)cccc2s1. The number of benzene rings is 1. The number of fused-ring (bicyclic) bond motifs is 1. The van der Waals surface area contributed by atoms with Crippen LogP contribution in [0.4, 0.5) is 4.39 Å². The fourth-order valence-corrected chi connectivity index (χ4v) is 5.31. The third-order valence-corrected chi connectivity index (χ3v) is 6.88. The molecule has 26 heavy (non-hydrogen) atoms. The van der Waals surface area contributed by atoms with E-state index in [1.54, 1.807) is 12.1 Å². The highest BCUT2D eigenvalue weighted by Crippen LogP contribution is 2.34. The Hall–Kier alpha value is -1.50. The molecular weight excluding hydrogens is 351 g/mol. The number of thiophene rings is 1. The van der Waals surface area contributed by atoms with E-state index in [1.165, 1.54) is 36.7 Å². The maximum atomic E-state index is 13.9. The average Bonchev–Trinajstić information content (AvgIpc) is 3.13. The van der Waals surface area contributed by atoms with E-state index in [0.717, 1.165) is 43.8 Å². The van der Waals surface area contributed by atoms with Crippen LogP contribution in [-0.2, 0) is 4.74 Å². The van der Waals surface area contributed by atoms with Gasteiger partial charge in [-0.1, -0.05) is 25.3 Å². The van der Waals surface area contributed by atoms with Crippen molar-refractivity contribution in [2.45, 2.75) is 37.6 Å². The van der Waals surface area contributed by atoms with Crippen LogP contribution in [0.3, 0.4) is 0 Å². The van der Waals surface area contributed by atoms with Crippen molar-refractivity contribution in [1.82, 2.24) is 10.2 Å². The lowest BCUT2D eigenvalue weighted by atomic mass is 9.79. The van der Waals surface area contributed by atoms with E-state index in [9.17, 15) is 9.18 Å². The quantitative estimate of drug-likeness (QED) is 0.882. The third-order valence-electron chi connectivity index (χ3n) is 5.78. The van der Waals surface area contributed by atoms with Gasteiger partial charge in [0.25, 0.3) is 5.91 Å². The minimum Gasteiger partial charge on any atom is -0.379 e. The van der Waals surface area contributed by atoms with Gasteiger partial charge in [-0.15, -0.1) is 11.3 Å². The first kappa shape index (κ1) is 17.9. The predicted octanol–water partition coefficient (Wildman–Crippen LogP) is 3.81. The lowest BCUT2D eigenvalue weighted by molar-refractivity contribution is -0.0361. The molecule has 0 bridgehead atoms. The van der Waals surface area contributed by atoms with Crippen LogP contribution in [0.1, 0.15) is 41.8 Å². The van der Waals surface area contributed by atoms with Gasteiger partial charge in [-0.05, 0) is 31.0 Å². The van der Waals surface area contributed by atoms with Gasteiger partial charge in [0, 0.05) is 35.3 Å². The molecule has 4 rings (SSSR count). The molecule has 1 saturated heterocycles. The predicted molar refractivity (Wildman–Crippen MR) is 102 cm³/mol. The number of carbonyl (C=O) groups excluding carboxylic acids is 1. The number of hydrogen-bond acceptors (Lipinski definition) is 4. The van der Waals surface area contributed by atoms with Crippen LogP contribution in [0.2, 0.25) is 0 Å². The molecule has 0 atom stereocenters. The summed E-state index contributed by atoms with van der Waals surface area (Å²) in [6, 6.07) is 6.65. The summed E-state index contributed by atoms with van der Waals surface area (Å²) in [5, 5.41) is 3.68. The smallest absolute Gasteiger partial charge is 0.261 e. The zero-order valence-electron chi connectivity index (χ0n) is 14.9. The molecule has 2 fully saturated rings. The van der Waals surface area contributed by atoms with E-state index in [2.05, 4.69) is 10.2 Å². The molecular formula is C20H25FN2O2S. The zero-order chi connectivity index (χ0) is 18.0. The highest BCUT2D eigenvalue weighted by Gasteiger charge is 2.38. The summed E-state index contributed by atoms with van der Waals surface area (Å²) < 4.78 is 20.2. The molecule has 2 aliphatic rings. The standard InChI is InChI=1S/C20H25FN2O2S/c21-16-5-4-6-17-15(16)13-18(26-17)19(24)22-14-20(7-2-1-3-8-20)23-9-11-25-12-10-23/h4-6,13H,1-3,7-12,14H2,(H,22,24). The van der Waals surface area contributed by atoms with Crippen LogP contribution in [0, 0.1) is 5.82 Å². The Morgan fingerprint density at radius 3 is 2.73 bits per heavy atom. The van der Waals surface area contributed by atoms with Gasteiger partial charge < -0.3 is 10.1 Å². The maximum absolute atomic E-state index is 13.9. The number of morpholine rings is 1. The average molecular weight is 376 g/mol. The second-order valence-corrected chi connectivity index (χ2v) is 8.41. The number of nitrogens with one attached hydrogen (secondary N) is 1. The van der Waals surface area contributed by atoms with Crippen molar-refractivity contribution >= 4 is 27.3 Å². The van der Waals surface area contributed by atoms with Crippen molar-refractivity contribution in [1.29, 1.82) is 0 Å². The van der Waals surface area contributed by atoms with Crippen LogP contribution in [-0.4, -0.2) is 49.2 Å². The van der Waals surface area contributed by atoms with E-state index in [0.29, 0.717) is 16.8 Å². The van der Waals surface area contributed by atoms with Crippen molar-refractivity contribution in [3.8, 4) is 0 Å². The number of halogens is 1. The summed E-state index contributed by atoms with van der Waals surface area (Å²) in [4.78, 5) is 15.8. The van der Waals surface area contributed by atoms with Gasteiger partial charge in [-0.3, -0.25) is 9.69 Å². The summed E-state index contributed by atoms with van der Waals surface area (Å²) >= 11 is 1.36. The van der Waals surface area contributed by atoms with Crippen molar-refractivity contribution in [3.63, 3.8) is 0 Å². The van der Waals surface area contributed by atoms with Crippen LogP contribution < -0.4 is 5.32 Å². The molecule has 1 aromatic heterocycles. The van der Waals surface area contributed by atoms with E-state index < -0.39 is 0 Å². The van der Waals surface area contributed by atoms with Gasteiger partial charge in [0.1, 0.15) is 5.82 Å². The Morgan fingerprint density at radius 1 is 1.23 bits per heavy atom. The van der Waals surface area contributed by atoms with Crippen molar-refractivity contribution in [2.24, 2.45) is 0 Å². The number of ether oxygens (including phenoxy) is 1. The molecule has 0 radical (unpaired) electrons. The summed E-state index contributed by atoms with van der Waals surface area (Å²) in [6.07, 6.45) is 5.93. The minimum atomic E-state index is -0.269. The number of rotatable bonds is 4. The molecule has 1 aliphatic carbocycles. The highest BCUT2D eigenvalue weighted by molar-refractivity contribution is 7.20. The lowest BCUT2D eigenvalue weighted by Crippen LogP contribution is -2.59. The Kier molecular flexibility index (Phi) is 5.25. The van der Waals surface area contributed by atoms with Crippen LogP contribution in [0.15, 0.2) is 24.3 Å². The van der Waals surface area contributed by atoms with Crippen molar-refractivity contribution in [2.75, 3.05) is 32.8 Å². The molecule has 1 aromatic carbocycles. The Labute approximate surface area is 157 Å². The molecule has 1 N–H and O–H groups in total. The van der Waals surface area contributed by atoms with Gasteiger partial charge in [0.05, 0.1) is 18.1 Å². The number of hydrogen-bond donors (Lipinski definition) is 1. The van der Waals surface area contributed by atoms with Crippen LogP contribution >= 0.6 is 11.3 Å². The van der Waals surface area contributed by atoms with E-state index in [1.807, 2.05) is 6.07 Å². The van der Waals surface area contributed by atoms with Crippen LogP contribution in [0.25, 0.3) is 10.1 Å². The Bertz CT molecular complexity index is 779. The topological polar surface area (TPSA) is 41.6 Å². The molecule has 0 spiro atoms. The molecule has 1 aliphatic heterocycles. The van der Waals surface area contributed by atoms with E-state index in [-0.39, 0.29) is 17.3 Å². The van der Waals surface area contributed by atoms with Crippen molar-refractivity contribution < 1.29 is 13.9 Å². The summed E-state index contributed by atoms with van der Waals surface area (Å²) in [5.41, 5.74) is 0.0413. The first-order valence-corrected chi connectivity index (χ1v) is 10.3. The monoisotopic (exact) mass is 376 g/mol. The van der Waals surface area contributed by atoms with Crippen LogP contribution in [0.5, 0.6) is 0 Å². The zero-order valence-corrected chi connectivity index (χ0v) is 15.7. The number of amides is 1. The summed E-state index contributed by atoms with van der Waals surface area (Å²) in [5.74, 6) is -0.362. The molecule has 1 saturated carbocycles. The van der Waals surface area contributed by atoms with Gasteiger partial charge in [-0.2, -0.15) is 0 Å². The normalized spacial score (nSPS) is 21.0. The third kappa shape index (κ3) is 3.50. The second-order valence-electron chi connectivity index (χ2n) is 7.33. The fourth-order valence-electron chi connectivity index (χ4n) is 4.32. The molecule has 1 amide bonds. The molecule has 6 heteroatoms. The highest BCUT2D eigenvalue weighted by atomic mass is 32.1. The lowest BCUT2D eigenvalue weighted by Gasteiger charge is -2.48. The van der Waals surface area contributed by atoms with Gasteiger partial charge >= 0.3 is 0 Å². The second kappa shape index (κ2) is 7.62. The minimum absolute atomic E-state index is 0.0413. The first-order chi connectivity index (χ1) is 12.7.